The third-order valence-electron chi connectivity index (χ3n) is 3.09. The van der Waals surface area contributed by atoms with Crippen molar-refractivity contribution in [3.05, 3.63) is 35.4 Å². The Balaban J connectivity index is 2.59. The lowest BCUT2D eigenvalue weighted by Crippen LogP contribution is -2.28. The lowest BCUT2D eigenvalue weighted by atomic mass is 9.85. The largest absolute Gasteiger partial charge is 0.451 e. The maximum atomic E-state index is 11.6. The first kappa shape index (κ1) is 9.25. The van der Waals surface area contributed by atoms with Crippen LogP contribution in [0.25, 0.3) is 0 Å². The van der Waals surface area contributed by atoms with Crippen molar-refractivity contribution in [3.8, 4) is 0 Å². The van der Waals surface area contributed by atoms with E-state index in [4.69, 9.17) is 4.74 Å². The van der Waals surface area contributed by atoms with Crippen molar-refractivity contribution in [3.63, 3.8) is 0 Å². The number of rotatable bonds is 1. The Morgan fingerprint density at radius 1 is 1.29 bits per heavy atom. The topological polar surface area (TPSA) is 26.3 Å². The van der Waals surface area contributed by atoms with Gasteiger partial charge in [-0.15, -0.1) is 0 Å². The van der Waals surface area contributed by atoms with Crippen LogP contribution in [0.3, 0.4) is 0 Å². The van der Waals surface area contributed by atoms with E-state index in [0.29, 0.717) is 5.56 Å². The predicted octanol–water partition coefficient (Wildman–Crippen LogP) is 2.73. The lowest BCUT2D eigenvalue weighted by molar-refractivity contribution is -0.0228. The molecule has 0 bridgehead atoms. The van der Waals surface area contributed by atoms with E-state index in [9.17, 15) is 4.79 Å². The standard InChI is InChI=1S/C12H14O2/c1-8(2)12(3)10-7-5-4-6-9(10)11(13)14-12/h4-8H,1-3H3. The van der Waals surface area contributed by atoms with Crippen LogP contribution in [0.4, 0.5) is 0 Å². The Morgan fingerprint density at radius 2 is 1.93 bits per heavy atom. The van der Waals surface area contributed by atoms with Gasteiger partial charge in [-0.1, -0.05) is 32.0 Å². The minimum atomic E-state index is -0.451. The molecule has 1 aliphatic rings. The van der Waals surface area contributed by atoms with E-state index in [1.165, 1.54) is 0 Å². The van der Waals surface area contributed by atoms with Crippen LogP contribution in [-0.4, -0.2) is 5.97 Å². The van der Waals surface area contributed by atoms with Crippen molar-refractivity contribution in [2.24, 2.45) is 5.92 Å². The van der Waals surface area contributed by atoms with Gasteiger partial charge in [0.2, 0.25) is 0 Å². The molecule has 2 nitrogen and oxygen atoms in total. The molecule has 0 saturated carbocycles. The summed E-state index contributed by atoms with van der Waals surface area (Å²) in [6.45, 7) is 6.10. The molecule has 14 heavy (non-hydrogen) atoms. The van der Waals surface area contributed by atoms with Crippen LogP contribution in [0.2, 0.25) is 0 Å². The molecule has 0 saturated heterocycles. The van der Waals surface area contributed by atoms with Crippen LogP contribution in [0, 0.1) is 5.92 Å². The Labute approximate surface area is 83.9 Å². The van der Waals surface area contributed by atoms with Crippen molar-refractivity contribution in [2.45, 2.75) is 26.4 Å². The van der Waals surface area contributed by atoms with Crippen LogP contribution in [0.1, 0.15) is 36.7 Å². The summed E-state index contributed by atoms with van der Waals surface area (Å²) in [6, 6.07) is 7.61. The molecule has 74 valence electrons. The van der Waals surface area contributed by atoms with Crippen LogP contribution < -0.4 is 0 Å². The third-order valence-corrected chi connectivity index (χ3v) is 3.09. The number of hydrogen-bond donors (Lipinski definition) is 0. The fourth-order valence-corrected chi connectivity index (χ4v) is 1.83. The SMILES string of the molecule is CC(C)C1(C)OC(=O)c2ccccc21. The first-order valence-corrected chi connectivity index (χ1v) is 4.88. The van der Waals surface area contributed by atoms with Crippen molar-refractivity contribution >= 4 is 5.97 Å². The molecule has 1 aromatic rings. The molecule has 1 atom stereocenters. The summed E-state index contributed by atoms with van der Waals surface area (Å²) in [4.78, 5) is 11.6. The molecule has 1 aliphatic heterocycles. The van der Waals surface area contributed by atoms with Crippen LogP contribution in [0.5, 0.6) is 0 Å². The van der Waals surface area contributed by atoms with E-state index in [-0.39, 0.29) is 11.9 Å². The van der Waals surface area contributed by atoms with Crippen LogP contribution in [0.15, 0.2) is 24.3 Å². The molecule has 0 spiro atoms. The van der Waals surface area contributed by atoms with Gasteiger partial charge in [0.1, 0.15) is 5.60 Å². The summed E-state index contributed by atoms with van der Waals surface area (Å²) in [6.07, 6.45) is 0. The highest BCUT2D eigenvalue weighted by molar-refractivity contribution is 5.94. The Kier molecular flexibility index (Phi) is 1.88. The van der Waals surface area contributed by atoms with Crippen molar-refractivity contribution in [2.75, 3.05) is 0 Å². The van der Waals surface area contributed by atoms with E-state index in [1.807, 2.05) is 31.2 Å². The second-order valence-electron chi connectivity index (χ2n) is 4.20. The molecule has 0 N–H and O–H groups in total. The Bertz CT molecular complexity index is 382. The molecule has 2 rings (SSSR count). The van der Waals surface area contributed by atoms with Crippen molar-refractivity contribution < 1.29 is 9.53 Å². The molecule has 1 heterocycles. The van der Waals surface area contributed by atoms with E-state index in [2.05, 4.69) is 13.8 Å². The van der Waals surface area contributed by atoms with Crippen LogP contribution >= 0.6 is 0 Å². The van der Waals surface area contributed by atoms with Gasteiger partial charge in [0, 0.05) is 5.56 Å². The zero-order valence-electron chi connectivity index (χ0n) is 8.70. The van der Waals surface area contributed by atoms with Gasteiger partial charge in [-0.05, 0) is 18.9 Å². The van der Waals surface area contributed by atoms with Gasteiger partial charge in [0.15, 0.2) is 0 Å². The van der Waals surface area contributed by atoms with Crippen molar-refractivity contribution in [1.29, 1.82) is 0 Å². The van der Waals surface area contributed by atoms with E-state index >= 15 is 0 Å². The second-order valence-corrected chi connectivity index (χ2v) is 4.20. The maximum absolute atomic E-state index is 11.6. The Morgan fingerprint density at radius 3 is 2.57 bits per heavy atom. The fraction of sp³-hybridized carbons (Fsp3) is 0.417. The summed E-state index contributed by atoms with van der Waals surface area (Å²) >= 11 is 0. The zero-order valence-corrected chi connectivity index (χ0v) is 8.70. The number of hydrogen-bond acceptors (Lipinski definition) is 2. The summed E-state index contributed by atoms with van der Waals surface area (Å²) in [5.41, 5.74) is 1.27. The Hall–Kier alpha value is -1.31. The first-order valence-electron chi connectivity index (χ1n) is 4.88. The monoisotopic (exact) mass is 190 g/mol. The molecule has 0 aromatic heterocycles. The number of cyclic esters (lactones) is 1. The highest BCUT2D eigenvalue weighted by Crippen LogP contribution is 2.41. The molecule has 2 heteroatoms. The molecule has 1 unspecified atom stereocenters. The number of carbonyl (C=O) groups is 1. The molecule has 0 radical (unpaired) electrons. The fourth-order valence-electron chi connectivity index (χ4n) is 1.83. The molecule has 0 aliphatic carbocycles. The number of ether oxygens (including phenoxy) is 1. The minimum Gasteiger partial charge on any atom is -0.451 e. The number of fused-ring (bicyclic) bond motifs is 1. The average Bonchev–Trinajstić information content (AvgIpc) is 2.42. The number of esters is 1. The summed E-state index contributed by atoms with van der Waals surface area (Å²) in [5, 5.41) is 0. The smallest absolute Gasteiger partial charge is 0.339 e. The first-order chi connectivity index (χ1) is 6.55. The van der Waals surface area contributed by atoms with Gasteiger partial charge in [-0.2, -0.15) is 0 Å². The maximum Gasteiger partial charge on any atom is 0.339 e. The summed E-state index contributed by atoms with van der Waals surface area (Å²) in [7, 11) is 0. The quantitative estimate of drug-likeness (QED) is 0.636. The van der Waals surface area contributed by atoms with Gasteiger partial charge in [0.25, 0.3) is 0 Å². The predicted molar refractivity (Wildman–Crippen MR) is 54.0 cm³/mol. The van der Waals surface area contributed by atoms with Crippen LogP contribution in [-0.2, 0) is 10.3 Å². The molecule has 1 aromatic carbocycles. The number of carbonyl (C=O) groups excluding carboxylic acids is 1. The molecular formula is C12H14O2. The average molecular weight is 190 g/mol. The molecular weight excluding hydrogens is 176 g/mol. The lowest BCUT2D eigenvalue weighted by Gasteiger charge is -2.28. The van der Waals surface area contributed by atoms with Gasteiger partial charge in [0.05, 0.1) is 5.56 Å². The van der Waals surface area contributed by atoms with Gasteiger partial charge < -0.3 is 4.74 Å². The number of benzene rings is 1. The highest BCUT2D eigenvalue weighted by atomic mass is 16.6. The zero-order chi connectivity index (χ0) is 10.3. The van der Waals surface area contributed by atoms with Gasteiger partial charge in [-0.3, -0.25) is 0 Å². The van der Waals surface area contributed by atoms with E-state index in [1.54, 1.807) is 0 Å². The van der Waals surface area contributed by atoms with Gasteiger partial charge in [-0.25, -0.2) is 4.79 Å². The molecule has 0 fully saturated rings. The van der Waals surface area contributed by atoms with E-state index < -0.39 is 5.60 Å². The normalized spacial score (nSPS) is 25.0. The second kappa shape index (κ2) is 2.84. The van der Waals surface area contributed by atoms with Gasteiger partial charge >= 0.3 is 5.97 Å². The third kappa shape index (κ3) is 1.07. The highest BCUT2D eigenvalue weighted by Gasteiger charge is 2.43. The summed E-state index contributed by atoms with van der Waals surface area (Å²) < 4.78 is 5.44. The van der Waals surface area contributed by atoms with Crippen molar-refractivity contribution in [1.82, 2.24) is 0 Å². The van der Waals surface area contributed by atoms with E-state index in [0.717, 1.165) is 5.56 Å². The minimum absolute atomic E-state index is 0.197. The summed E-state index contributed by atoms with van der Waals surface area (Å²) in [5.74, 6) is 0.0897. The molecule has 0 amide bonds.